The molecule has 1 atom stereocenters. The Bertz CT molecular complexity index is 1350. The molecule has 0 amide bonds. The Morgan fingerprint density at radius 3 is 2.61 bits per heavy atom. The van der Waals surface area contributed by atoms with Crippen molar-refractivity contribution < 1.29 is 13.9 Å². The zero-order chi connectivity index (χ0) is 23.2. The highest BCUT2D eigenvalue weighted by Crippen LogP contribution is 2.52. The first-order chi connectivity index (χ1) is 15.7. The Morgan fingerprint density at radius 1 is 1.03 bits per heavy atom. The van der Waals surface area contributed by atoms with E-state index >= 15 is 0 Å². The number of aliphatic imine (C=N–C) groups is 1. The molecule has 0 unspecified atom stereocenters. The topological polar surface area (TPSA) is 82.6 Å². The molecule has 0 fully saturated rings. The molecule has 2 aromatic heterocycles. The molecule has 0 bridgehead atoms. The average molecular weight is 442 g/mol. The SMILES string of the molecule is CC(C)(C)C#Cc1cc2c(cn1)Oc1ccc(-c3cncc(F)c3)cc1[C@@]21CCOC(N)=N1. The summed E-state index contributed by atoms with van der Waals surface area (Å²) in [6, 6.07) is 9.15. The van der Waals surface area contributed by atoms with Gasteiger partial charge in [0.15, 0.2) is 5.75 Å². The van der Waals surface area contributed by atoms with E-state index in [0.717, 1.165) is 16.7 Å². The summed E-state index contributed by atoms with van der Waals surface area (Å²) >= 11 is 0. The lowest BCUT2D eigenvalue weighted by atomic mass is 9.77. The van der Waals surface area contributed by atoms with Gasteiger partial charge in [0.1, 0.15) is 22.8 Å². The molecular formula is C26H23FN4O2. The number of benzene rings is 1. The summed E-state index contributed by atoms with van der Waals surface area (Å²) in [6.07, 6.45) is 5.04. The predicted octanol–water partition coefficient (Wildman–Crippen LogP) is 4.76. The van der Waals surface area contributed by atoms with E-state index < -0.39 is 11.4 Å². The molecule has 7 heteroatoms. The Labute approximate surface area is 191 Å². The Hall–Kier alpha value is -3.92. The minimum atomic E-state index is -0.830. The van der Waals surface area contributed by atoms with Crippen LogP contribution in [0.5, 0.6) is 11.5 Å². The van der Waals surface area contributed by atoms with Gasteiger partial charge in [0.25, 0.3) is 6.02 Å². The molecule has 0 saturated carbocycles. The highest BCUT2D eigenvalue weighted by atomic mass is 19.1. The Balaban J connectivity index is 1.71. The van der Waals surface area contributed by atoms with Gasteiger partial charge in [0.05, 0.1) is 19.0 Å². The van der Waals surface area contributed by atoms with Gasteiger partial charge in [-0.3, -0.25) is 4.98 Å². The van der Waals surface area contributed by atoms with Gasteiger partial charge in [0.2, 0.25) is 0 Å². The van der Waals surface area contributed by atoms with E-state index in [4.69, 9.17) is 20.2 Å². The van der Waals surface area contributed by atoms with Crippen molar-refractivity contribution >= 4 is 6.02 Å². The van der Waals surface area contributed by atoms with Crippen molar-refractivity contribution in [3.05, 3.63) is 71.6 Å². The van der Waals surface area contributed by atoms with E-state index in [9.17, 15) is 4.39 Å². The zero-order valence-corrected chi connectivity index (χ0v) is 18.6. The number of fused-ring (bicyclic) bond motifs is 4. The van der Waals surface area contributed by atoms with E-state index in [1.807, 2.05) is 45.0 Å². The molecule has 1 spiro atoms. The van der Waals surface area contributed by atoms with Crippen LogP contribution in [0.2, 0.25) is 0 Å². The van der Waals surface area contributed by atoms with Crippen molar-refractivity contribution in [2.24, 2.45) is 16.1 Å². The van der Waals surface area contributed by atoms with Crippen LogP contribution in [0.1, 0.15) is 44.0 Å². The Morgan fingerprint density at radius 2 is 1.85 bits per heavy atom. The summed E-state index contributed by atoms with van der Waals surface area (Å²) in [5.74, 6) is 7.22. The third-order valence-corrected chi connectivity index (χ3v) is 5.58. The van der Waals surface area contributed by atoms with Crippen molar-refractivity contribution in [3.63, 3.8) is 0 Å². The number of rotatable bonds is 1. The zero-order valence-electron chi connectivity index (χ0n) is 18.6. The van der Waals surface area contributed by atoms with Crippen LogP contribution < -0.4 is 10.5 Å². The number of hydrogen-bond donors (Lipinski definition) is 1. The molecule has 0 radical (unpaired) electrons. The number of amidine groups is 1. The van der Waals surface area contributed by atoms with Gasteiger partial charge < -0.3 is 15.2 Å². The molecule has 0 saturated heterocycles. The standard InChI is InChI=1S/C26H23FN4O2/c1-25(2,3)7-6-19-12-21-23(15-30-19)33-22-5-4-16(17-10-18(27)14-29-13-17)11-20(22)26(21)8-9-32-24(28)31-26/h4-5,10-15H,8-9H2,1-3H3,(H2,28,31)/t26-/m0/s1. The molecule has 6 nitrogen and oxygen atoms in total. The van der Waals surface area contributed by atoms with Crippen molar-refractivity contribution in [1.29, 1.82) is 0 Å². The molecule has 2 N–H and O–H groups in total. The number of hydrogen-bond acceptors (Lipinski definition) is 6. The fraction of sp³-hybridized carbons (Fsp3) is 0.269. The van der Waals surface area contributed by atoms with E-state index in [1.54, 1.807) is 12.4 Å². The van der Waals surface area contributed by atoms with Gasteiger partial charge >= 0.3 is 0 Å². The fourth-order valence-electron chi connectivity index (χ4n) is 4.09. The molecule has 5 rings (SSSR count). The van der Waals surface area contributed by atoms with Crippen LogP contribution in [-0.4, -0.2) is 22.6 Å². The van der Waals surface area contributed by atoms with E-state index in [2.05, 4.69) is 21.8 Å². The summed E-state index contributed by atoms with van der Waals surface area (Å²) < 4.78 is 25.5. The summed E-state index contributed by atoms with van der Waals surface area (Å²) in [7, 11) is 0. The van der Waals surface area contributed by atoms with Gasteiger partial charge in [-0.25, -0.2) is 14.4 Å². The van der Waals surface area contributed by atoms with Crippen LogP contribution in [0.15, 0.2) is 53.9 Å². The van der Waals surface area contributed by atoms with Crippen molar-refractivity contribution in [3.8, 4) is 34.5 Å². The molecule has 3 aromatic rings. The minimum Gasteiger partial charge on any atom is -0.465 e. The first kappa shape index (κ1) is 21.0. The highest BCUT2D eigenvalue weighted by molar-refractivity contribution is 5.76. The first-order valence-corrected chi connectivity index (χ1v) is 10.7. The van der Waals surface area contributed by atoms with Crippen LogP contribution in [0.4, 0.5) is 4.39 Å². The highest BCUT2D eigenvalue weighted by Gasteiger charge is 2.45. The van der Waals surface area contributed by atoms with Crippen molar-refractivity contribution in [2.75, 3.05) is 6.61 Å². The monoisotopic (exact) mass is 442 g/mol. The summed E-state index contributed by atoms with van der Waals surface area (Å²) in [5, 5.41) is 0. The number of nitrogens with zero attached hydrogens (tertiary/aromatic N) is 3. The van der Waals surface area contributed by atoms with E-state index in [0.29, 0.717) is 35.8 Å². The summed E-state index contributed by atoms with van der Waals surface area (Å²) in [4.78, 5) is 13.2. The van der Waals surface area contributed by atoms with E-state index in [1.165, 1.54) is 12.3 Å². The second kappa shape index (κ2) is 7.59. The smallest absolute Gasteiger partial charge is 0.283 e. The van der Waals surface area contributed by atoms with Crippen LogP contribution in [0, 0.1) is 23.1 Å². The number of nitrogens with two attached hydrogens (primary N) is 1. The number of pyridine rings is 2. The van der Waals surface area contributed by atoms with Crippen LogP contribution in [-0.2, 0) is 10.3 Å². The molecule has 2 aliphatic rings. The molecule has 2 aliphatic heterocycles. The second-order valence-corrected chi connectivity index (χ2v) is 9.18. The lowest BCUT2D eigenvalue weighted by Gasteiger charge is -2.39. The molecule has 1 aromatic carbocycles. The molecule has 166 valence electrons. The maximum Gasteiger partial charge on any atom is 0.283 e. The van der Waals surface area contributed by atoms with Crippen molar-refractivity contribution in [2.45, 2.75) is 32.7 Å². The van der Waals surface area contributed by atoms with Gasteiger partial charge in [-0.2, -0.15) is 0 Å². The van der Waals surface area contributed by atoms with Gasteiger partial charge in [0, 0.05) is 34.7 Å². The number of aromatic nitrogens is 2. The van der Waals surface area contributed by atoms with Crippen LogP contribution in [0.25, 0.3) is 11.1 Å². The van der Waals surface area contributed by atoms with Gasteiger partial charge in [-0.1, -0.05) is 12.0 Å². The van der Waals surface area contributed by atoms with Gasteiger partial charge in [-0.15, -0.1) is 0 Å². The lowest BCUT2D eigenvalue weighted by Crippen LogP contribution is -2.38. The normalized spacial score (nSPS) is 18.7. The third-order valence-electron chi connectivity index (χ3n) is 5.58. The minimum absolute atomic E-state index is 0.108. The van der Waals surface area contributed by atoms with Crippen molar-refractivity contribution in [1.82, 2.24) is 9.97 Å². The molecular weight excluding hydrogens is 419 g/mol. The van der Waals surface area contributed by atoms with Gasteiger partial charge in [-0.05, 0) is 56.5 Å². The Kier molecular flexibility index (Phi) is 4.82. The van der Waals surface area contributed by atoms with Crippen LogP contribution >= 0.6 is 0 Å². The molecule has 0 aliphatic carbocycles. The lowest BCUT2D eigenvalue weighted by molar-refractivity contribution is 0.219. The largest absolute Gasteiger partial charge is 0.465 e. The first-order valence-electron chi connectivity index (χ1n) is 10.7. The number of halogens is 1. The molecule has 4 heterocycles. The summed E-state index contributed by atoms with van der Waals surface area (Å²) in [5.41, 5.74) is 8.81. The fourth-order valence-corrected chi connectivity index (χ4v) is 4.09. The molecule has 33 heavy (non-hydrogen) atoms. The quantitative estimate of drug-likeness (QED) is 0.549. The average Bonchev–Trinajstić information content (AvgIpc) is 2.77. The predicted molar refractivity (Wildman–Crippen MR) is 123 cm³/mol. The summed E-state index contributed by atoms with van der Waals surface area (Å²) in [6.45, 7) is 6.54. The maximum absolute atomic E-state index is 13.8. The second-order valence-electron chi connectivity index (χ2n) is 9.18. The van der Waals surface area contributed by atoms with E-state index in [-0.39, 0.29) is 11.4 Å². The van der Waals surface area contributed by atoms with Crippen LogP contribution in [0.3, 0.4) is 0 Å². The maximum atomic E-state index is 13.8. The third kappa shape index (κ3) is 3.89. The number of ether oxygens (including phenoxy) is 2.